The van der Waals surface area contributed by atoms with Gasteiger partial charge in [0, 0.05) is 6.54 Å². The molecule has 1 aliphatic rings. The fourth-order valence-electron chi connectivity index (χ4n) is 1.38. The van der Waals surface area contributed by atoms with Crippen molar-refractivity contribution in [3.63, 3.8) is 0 Å². The summed E-state index contributed by atoms with van der Waals surface area (Å²) in [5, 5.41) is 2.75. The van der Waals surface area contributed by atoms with Gasteiger partial charge >= 0.3 is 0 Å². The van der Waals surface area contributed by atoms with Gasteiger partial charge in [0.05, 0.1) is 0 Å². The molecule has 0 aliphatic carbocycles. The van der Waals surface area contributed by atoms with Gasteiger partial charge in [0.2, 0.25) is 0 Å². The van der Waals surface area contributed by atoms with Crippen LogP contribution in [0.1, 0.15) is 12.0 Å². The Balaban J connectivity index is 0.000000293. The molecule has 1 fully saturated rings. The molecule has 2 rings (SSSR count). The molecule has 1 heterocycles. The molecule has 1 aromatic rings. The van der Waals surface area contributed by atoms with Crippen molar-refractivity contribution in [1.82, 2.24) is 10.2 Å². The van der Waals surface area contributed by atoms with Gasteiger partial charge in [-0.1, -0.05) is 30.3 Å². The molecule has 1 aliphatic heterocycles. The van der Waals surface area contributed by atoms with E-state index in [4.69, 9.17) is 0 Å². The highest BCUT2D eigenvalue weighted by Crippen LogP contribution is 2.11. The maximum atomic E-state index is 2.75. The third-order valence-corrected chi connectivity index (χ3v) is 2.20. The maximum absolute atomic E-state index is 2.75. The summed E-state index contributed by atoms with van der Waals surface area (Å²) >= 11 is 0. The predicted octanol–water partition coefficient (Wildman–Crippen LogP) is 1.73. The summed E-state index contributed by atoms with van der Waals surface area (Å²) in [5.74, 6) is 0. The highest BCUT2D eigenvalue weighted by molar-refractivity contribution is 5.14. The molecule has 0 unspecified atom stereocenters. The Morgan fingerprint density at radius 3 is 2.14 bits per heavy atom. The third kappa shape index (κ3) is 3.90. The molecule has 1 saturated heterocycles. The number of hydrogen-bond donors (Lipinski definition) is 1. The molecule has 1 N–H and O–H groups in total. The van der Waals surface area contributed by atoms with Gasteiger partial charge in [-0.15, -0.1) is 0 Å². The SMILES string of the molecule is CNC.c1ccc(CN2CCC2)cc1. The normalized spacial score (nSPS) is 15.3. The zero-order chi connectivity index (χ0) is 10.2. The number of hydrogen-bond acceptors (Lipinski definition) is 2. The second-order valence-corrected chi connectivity index (χ2v) is 3.62. The van der Waals surface area contributed by atoms with E-state index in [0.717, 1.165) is 6.54 Å². The molecule has 78 valence electrons. The van der Waals surface area contributed by atoms with Gasteiger partial charge in [-0.3, -0.25) is 4.90 Å². The minimum Gasteiger partial charge on any atom is -0.323 e. The molecule has 0 radical (unpaired) electrons. The Morgan fingerprint density at radius 2 is 1.71 bits per heavy atom. The average molecular weight is 192 g/mol. The molecular weight excluding hydrogens is 172 g/mol. The molecule has 0 saturated carbocycles. The zero-order valence-corrected chi connectivity index (χ0v) is 9.16. The number of likely N-dealkylation sites (tertiary alicyclic amines) is 1. The summed E-state index contributed by atoms with van der Waals surface area (Å²) in [5.41, 5.74) is 1.44. The number of benzene rings is 1. The number of nitrogens with zero attached hydrogens (tertiary/aromatic N) is 1. The van der Waals surface area contributed by atoms with Crippen LogP contribution in [0.25, 0.3) is 0 Å². The molecule has 0 atom stereocenters. The summed E-state index contributed by atoms with van der Waals surface area (Å²) in [4.78, 5) is 2.47. The average Bonchev–Trinajstić information content (AvgIpc) is 2.15. The lowest BCUT2D eigenvalue weighted by Crippen LogP contribution is -2.36. The first-order valence-corrected chi connectivity index (χ1v) is 5.21. The van der Waals surface area contributed by atoms with E-state index in [1.54, 1.807) is 0 Å². The Kier molecular flexibility index (Phi) is 5.27. The standard InChI is InChI=1S/C10H13N.C2H7N/c1-2-5-10(6-3-1)9-11-7-4-8-11;1-3-2/h1-3,5-6H,4,7-9H2;3H,1-2H3. The van der Waals surface area contributed by atoms with Crippen LogP contribution in [0.4, 0.5) is 0 Å². The molecular formula is C12H20N2. The second kappa shape index (κ2) is 6.57. The van der Waals surface area contributed by atoms with Crippen molar-refractivity contribution in [2.45, 2.75) is 13.0 Å². The van der Waals surface area contributed by atoms with Crippen molar-refractivity contribution in [2.24, 2.45) is 0 Å². The van der Waals surface area contributed by atoms with Crippen molar-refractivity contribution < 1.29 is 0 Å². The number of nitrogens with one attached hydrogen (secondary N) is 1. The first-order valence-electron chi connectivity index (χ1n) is 5.21. The summed E-state index contributed by atoms with van der Waals surface area (Å²) in [6.45, 7) is 3.71. The van der Waals surface area contributed by atoms with Crippen LogP contribution in [0.15, 0.2) is 30.3 Å². The van der Waals surface area contributed by atoms with E-state index in [1.165, 1.54) is 25.1 Å². The quantitative estimate of drug-likeness (QED) is 0.767. The topological polar surface area (TPSA) is 15.3 Å². The number of rotatable bonds is 2. The fourth-order valence-corrected chi connectivity index (χ4v) is 1.38. The fraction of sp³-hybridized carbons (Fsp3) is 0.500. The Hall–Kier alpha value is -0.860. The molecule has 14 heavy (non-hydrogen) atoms. The minimum absolute atomic E-state index is 1.14. The first kappa shape index (κ1) is 11.2. The van der Waals surface area contributed by atoms with Gasteiger partial charge in [0.25, 0.3) is 0 Å². The van der Waals surface area contributed by atoms with Crippen LogP contribution in [0.2, 0.25) is 0 Å². The van der Waals surface area contributed by atoms with E-state index < -0.39 is 0 Å². The van der Waals surface area contributed by atoms with Crippen LogP contribution in [0.5, 0.6) is 0 Å². The van der Waals surface area contributed by atoms with Crippen LogP contribution < -0.4 is 5.32 Å². The van der Waals surface area contributed by atoms with Crippen LogP contribution >= 0.6 is 0 Å². The predicted molar refractivity (Wildman–Crippen MR) is 61.3 cm³/mol. The molecule has 0 amide bonds. The summed E-state index contributed by atoms with van der Waals surface area (Å²) < 4.78 is 0. The molecule has 0 bridgehead atoms. The maximum Gasteiger partial charge on any atom is 0.0233 e. The van der Waals surface area contributed by atoms with Gasteiger partial charge in [-0.25, -0.2) is 0 Å². The first-order chi connectivity index (χ1) is 6.86. The van der Waals surface area contributed by atoms with Crippen molar-refractivity contribution >= 4 is 0 Å². The van der Waals surface area contributed by atoms with Gasteiger partial charge < -0.3 is 5.32 Å². The molecule has 2 heteroatoms. The van der Waals surface area contributed by atoms with Gasteiger partial charge in [-0.05, 0) is 39.2 Å². The van der Waals surface area contributed by atoms with Crippen LogP contribution in [-0.4, -0.2) is 32.1 Å². The molecule has 1 aromatic carbocycles. The van der Waals surface area contributed by atoms with E-state index in [0.29, 0.717) is 0 Å². The third-order valence-electron chi connectivity index (χ3n) is 2.20. The zero-order valence-electron chi connectivity index (χ0n) is 9.16. The van der Waals surface area contributed by atoms with E-state index in [9.17, 15) is 0 Å². The van der Waals surface area contributed by atoms with Gasteiger partial charge in [0.15, 0.2) is 0 Å². The Morgan fingerprint density at radius 1 is 1.14 bits per heavy atom. The summed E-state index contributed by atoms with van der Waals surface area (Å²) in [7, 11) is 3.75. The monoisotopic (exact) mass is 192 g/mol. The van der Waals surface area contributed by atoms with E-state index in [-0.39, 0.29) is 0 Å². The smallest absolute Gasteiger partial charge is 0.0233 e. The van der Waals surface area contributed by atoms with Crippen LogP contribution in [0.3, 0.4) is 0 Å². The van der Waals surface area contributed by atoms with Crippen molar-refractivity contribution in [3.8, 4) is 0 Å². The van der Waals surface area contributed by atoms with Crippen LogP contribution in [-0.2, 0) is 6.54 Å². The Bertz CT molecular complexity index is 229. The molecule has 0 spiro atoms. The second-order valence-electron chi connectivity index (χ2n) is 3.62. The van der Waals surface area contributed by atoms with Gasteiger partial charge in [0.1, 0.15) is 0 Å². The van der Waals surface area contributed by atoms with Crippen molar-refractivity contribution in [3.05, 3.63) is 35.9 Å². The molecule has 0 aromatic heterocycles. The lowest BCUT2D eigenvalue weighted by molar-refractivity contribution is 0.172. The highest BCUT2D eigenvalue weighted by Gasteiger charge is 2.12. The summed E-state index contributed by atoms with van der Waals surface area (Å²) in [6.07, 6.45) is 1.38. The van der Waals surface area contributed by atoms with E-state index in [1.807, 2.05) is 14.1 Å². The lowest BCUT2D eigenvalue weighted by Gasteiger charge is -2.30. The van der Waals surface area contributed by atoms with Gasteiger partial charge in [-0.2, -0.15) is 0 Å². The van der Waals surface area contributed by atoms with E-state index in [2.05, 4.69) is 40.5 Å². The van der Waals surface area contributed by atoms with Crippen LogP contribution in [0, 0.1) is 0 Å². The lowest BCUT2D eigenvalue weighted by atomic mass is 10.1. The highest BCUT2D eigenvalue weighted by atomic mass is 15.2. The molecule has 2 nitrogen and oxygen atoms in total. The van der Waals surface area contributed by atoms with Crippen molar-refractivity contribution in [1.29, 1.82) is 0 Å². The summed E-state index contributed by atoms with van der Waals surface area (Å²) in [6, 6.07) is 10.7. The van der Waals surface area contributed by atoms with E-state index >= 15 is 0 Å². The Labute approximate surface area is 86.9 Å². The largest absolute Gasteiger partial charge is 0.323 e. The van der Waals surface area contributed by atoms with Crippen molar-refractivity contribution in [2.75, 3.05) is 27.2 Å². The minimum atomic E-state index is 1.14.